The standard InChI is InChI=1S/C26H29N3O3S2/c1-18-11-12-24(19(2)17-18)34(31,32)29-15-13-28(14-16-29)26(30)21-8-4-3-7-20(21)25-27-22-9-5-6-10-23(22)33-25/h3-6,9-12,17,20-21H,7-8,13-16H2,1-2H3/t20-,21+/m1/s1. The normalized spacial score (nSPS) is 21.8. The van der Waals surface area contributed by atoms with Gasteiger partial charge in [0.1, 0.15) is 0 Å². The quantitative estimate of drug-likeness (QED) is 0.500. The van der Waals surface area contributed by atoms with E-state index >= 15 is 0 Å². The summed E-state index contributed by atoms with van der Waals surface area (Å²) < 4.78 is 29.1. The molecule has 2 heterocycles. The molecule has 5 rings (SSSR count). The fourth-order valence-electron chi connectivity index (χ4n) is 5.02. The van der Waals surface area contributed by atoms with E-state index in [-0.39, 0.29) is 17.7 Å². The first-order valence-electron chi connectivity index (χ1n) is 11.7. The van der Waals surface area contributed by atoms with Gasteiger partial charge in [0.25, 0.3) is 0 Å². The number of aryl methyl sites for hydroxylation is 2. The topological polar surface area (TPSA) is 70.6 Å². The second-order valence-electron chi connectivity index (χ2n) is 9.17. The molecule has 34 heavy (non-hydrogen) atoms. The van der Waals surface area contributed by atoms with E-state index < -0.39 is 10.0 Å². The number of carbonyl (C=O) groups excluding carboxylic acids is 1. The van der Waals surface area contributed by atoms with Crippen molar-refractivity contribution in [2.24, 2.45) is 5.92 Å². The fraction of sp³-hybridized carbons (Fsp3) is 0.385. The van der Waals surface area contributed by atoms with E-state index in [4.69, 9.17) is 4.98 Å². The van der Waals surface area contributed by atoms with Crippen LogP contribution in [0.3, 0.4) is 0 Å². The fourth-order valence-corrected chi connectivity index (χ4v) is 7.79. The molecule has 1 aliphatic carbocycles. The lowest BCUT2D eigenvalue weighted by molar-refractivity contribution is -0.137. The largest absolute Gasteiger partial charge is 0.340 e. The van der Waals surface area contributed by atoms with Crippen molar-refractivity contribution in [2.75, 3.05) is 26.2 Å². The number of hydrogen-bond donors (Lipinski definition) is 0. The predicted molar refractivity (Wildman–Crippen MR) is 135 cm³/mol. The van der Waals surface area contributed by atoms with Crippen molar-refractivity contribution in [2.45, 2.75) is 37.5 Å². The summed E-state index contributed by atoms with van der Waals surface area (Å²) in [6.07, 6.45) is 5.74. The maximum atomic E-state index is 13.6. The molecule has 8 heteroatoms. The molecule has 2 aliphatic rings. The van der Waals surface area contributed by atoms with Crippen LogP contribution in [-0.2, 0) is 14.8 Å². The van der Waals surface area contributed by atoms with Crippen LogP contribution in [0.5, 0.6) is 0 Å². The van der Waals surface area contributed by atoms with Gasteiger partial charge in [-0.15, -0.1) is 11.3 Å². The number of hydrogen-bond acceptors (Lipinski definition) is 5. The highest BCUT2D eigenvalue weighted by Crippen LogP contribution is 2.39. The highest BCUT2D eigenvalue weighted by Gasteiger charge is 2.37. The molecule has 0 saturated carbocycles. The number of sulfonamides is 1. The maximum absolute atomic E-state index is 13.6. The number of fused-ring (bicyclic) bond motifs is 1. The number of carbonyl (C=O) groups is 1. The monoisotopic (exact) mass is 495 g/mol. The van der Waals surface area contributed by atoms with Gasteiger partial charge in [0.15, 0.2) is 0 Å². The van der Waals surface area contributed by atoms with Crippen molar-refractivity contribution >= 4 is 37.5 Å². The van der Waals surface area contributed by atoms with E-state index in [0.29, 0.717) is 37.5 Å². The molecule has 1 aromatic heterocycles. The van der Waals surface area contributed by atoms with Crippen LogP contribution in [0.25, 0.3) is 10.2 Å². The number of para-hydroxylation sites is 1. The molecule has 1 saturated heterocycles. The summed E-state index contributed by atoms with van der Waals surface area (Å²) in [6, 6.07) is 13.5. The second kappa shape index (κ2) is 9.24. The molecule has 178 valence electrons. The Kier molecular flexibility index (Phi) is 6.31. The van der Waals surface area contributed by atoms with E-state index in [1.165, 1.54) is 4.31 Å². The molecule has 6 nitrogen and oxygen atoms in total. The van der Waals surface area contributed by atoms with Crippen LogP contribution >= 0.6 is 11.3 Å². The third-order valence-electron chi connectivity index (χ3n) is 6.88. The lowest BCUT2D eigenvalue weighted by Crippen LogP contribution is -2.52. The summed E-state index contributed by atoms with van der Waals surface area (Å²) >= 11 is 1.67. The van der Waals surface area contributed by atoms with E-state index in [1.54, 1.807) is 17.4 Å². The van der Waals surface area contributed by atoms with Crippen LogP contribution in [0.1, 0.15) is 34.9 Å². The first kappa shape index (κ1) is 23.2. The van der Waals surface area contributed by atoms with Crippen molar-refractivity contribution in [3.63, 3.8) is 0 Å². The minimum Gasteiger partial charge on any atom is -0.340 e. The Labute approximate surface area is 205 Å². The number of thiazole rings is 1. The van der Waals surface area contributed by atoms with Crippen LogP contribution in [-0.4, -0.2) is 54.7 Å². The highest BCUT2D eigenvalue weighted by atomic mass is 32.2. The average molecular weight is 496 g/mol. The van der Waals surface area contributed by atoms with Gasteiger partial charge >= 0.3 is 0 Å². The molecule has 2 aromatic carbocycles. The highest BCUT2D eigenvalue weighted by molar-refractivity contribution is 7.89. The Morgan fingerprint density at radius 2 is 1.74 bits per heavy atom. The number of rotatable bonds is 4. The molecular weight excluding hydrogens is 466 g/mol. The molecule has 1 amide bonds. The van der Waals surface area contributed by atoms with Crippen LogP contribution in [0, 0.1) is 19.8 Å². The van der Waals surface area contributed by atoms with Crippen molar-refractivity contribution in [3.8, 4) is 0 Å². The molecular formula is C26H29N3O3S2. The van der Waals surface area contributed by atoms with Crippen LogP contribution < -0.4 is 0 Å². The van der Waals surface area contributed by atoms with Gasteiger partial charge in [-0.3, -0.25) is 4.79 Å². The lowest BCUT2D eigenvalue weighted by atomic mass is 9.82. The van der Waals surface area contributed by atoms with Gasteiger partial charge in [-0.1, -0.05) is 42.0 Å². The molecule has 0 unspecified atom stereocenters. The van der Waals surface area contributed by atoms with E-state index in [0.717, 1.165) is 32.8 Å². The molecule has 0 radical (unpaired) electrons. The van der Waals surface area contributed by atoms with E-state index in [2.05, 4.69) is 18.2 Å². The Bertz CT molecular complexity index is 1320. The molecule has 1 fully saturated rings. The SMILES string of the molecule is Cc1ccc(S(=O)(=O)N2CCN(C(=O)[C@H]3CC=CC[C@H]3c3nc4ccccc4s3)CC2)c(C)c1. The van der Waals surface area contributed by atoms with Crippen molar-refractivity contribution in [3.05, 3.63) is 70.8 Å². The lowest BCUT2D eigenvalue weighted by Gasteiger charge is -2.37. The Balaban J connectivity index is 1.30. The Morgan fingerprint density at radius 3 is 2.47 bits per heavy atom. The molecule has 0 spiro atoms. The van der Waals surface area contributed by atoms with Gasteiger partial charge in [-0.25, -0.2) is 13.4 Å². The zero-order chi connectivity index (χ0) is 23.9. The third kappa shape index (κ3) is 4.30. The summed E-state index contributed by atoms with van der Waals surface area (Å²) in [5.74, 6) is 0.0112. The van der Waals surface area contributed by atoms with Gasteiger partial charge in [-0.2, -0.15) is 4.31 Å². The number of piperazine rings is 1. The number of amides is 1. The van der Waals surface area contributed by atoms with E-state index in [1.807, 2.05) is 49.1 Å². The second-order valence-corrected chi connectivity index (χ2v) is 12.1. The van der Waals surface area contributed by atoms with Crippen LogP contribution in [0.4, 0.5) is 0 Å². The number of nitrogens with zero attached hydrogens (tertiary/aromatic N) is 3. The van der Waals surface area contributed by atoms with Crippen LogP contribution in [0.2, 0.25) is 0 Å². The van der Waals surface area contributed by atoms with Gasteiger partial charge in [0.05, 0.1) is 26.0 Å². The average Bonchev–Trinajstić information content (AvgIpc) is 3.28. The molecule has 1 aliphatic heterocycles. The summed E-state index contributed by atoms with van der Waals surface area (Å²) in [6.45, 7) is 5.24. The summed E-state index contributed by atoms with van der Waals surface area (Å²) in [4.78, 5) is 20.6. The maximum Gasteiger partial charge on any atom is 0.243 e. The summed E-state index contributed by atoms with van der Waals surface area (Å²) in [7, 11) is -3.58. The minimum absolute atomic E-state index is 0.0619. The molecule has 2 atom stereocenters. The Morgan fingerprint density at radius 1 is 1.00 bits per heavy atom. The molecule has 3 aromatic rings. The number of aromatic nitrogens is 1. The van der Waals surface area contributed by atoms with Gasteiger partial charge in [0, 0.05) is 32.1 Å². The van der Waals surface area contributed by atoms with Crippen molar-refractivity contribution < 1.29 is 13.2 Å². The molecule has 0 N–H and O–H groups in total. The van der Waals surface area contributed by atoms with Crippen molar-refractivity contribution in [1.29, 1.82) is 0 Å². The third-order valence-corrected chi connectivity index (χ3v) is 10.1. The van der Waals surface area contributed by atoms with E-state index in [9.17, 15) is 13.2 Å². The number of allylic oxidation sites excluding steroid dienone is 2. The van der Waals surface area contributed by atoms with Gasteiger partial charge in [0.2, 0.25) is 15.9 Å². The zero-order valence-electron chi connectivity index (χ0n) is 19.5. The van der Waals surface area contributed by atoms with Gasteiger partial charge in [-0.05, 0) is 50.5 Å². The van der Waals surface area contributed by atoms with Gasteiger partial charge < -0.3 is 4.90 Å². The first-order chi connectivity index (χ1) is 16.3. The van der Waals surface area contributed by atoms with Crippen molar-refractivity contribution in [1.82, 2.24) is 14.2 Å². The zero-order valence-corrected chi connectivity index (χ0v) is 21.1. The number of benzene rings is 2. The predicted octanol–water partition coefficient (Wildman–Crippen LogP) is 4.50. The Hall–Kier alpha value is -2.55. The summed E-state index contributed by atoms with van der Waals surface area (Å²) in [5, 5.41) is 1.01. The molecule has 0 bridgehead atoms. The first-order valence-corrected chi connectivity index (χ1v) is 14.0. The summed E-state index contributed by atoms with van der Waals surface area (Å²) in [5.41, 5.74) is 2.77. The minimum atomic E-state index is -3.58. The smallest absolute Gasteiger partial charge is 0.243 e. The van der Waals surface area contributed by atoms with Crippen LogP contribution in [0.15, 0.2) is 59.5 Å².